The van der Waals surface area contributed by atoms with Crippen molar-refractivity contribution in [3.63, 3.8) is 0 Å². The van der Waals surface area contributed by atoms with E-state index in [1.165, 1.54) is 15.3 Å². The predicted octanol–water partition coefficient (Wildman–Crippen LogP) is 3.16. The summed E-state index contributed by atoms with van der Waals surface area (Å²) in [4.78, 5) is 2.35. The molecule has 0 saturated carbocycles. The fraction of sp³-hybridized carbons (Fsp3) is 0.0714. The molecule has 1 aromatic carbocycles. The minimum absolute atomic E-state index is 0.900. The van der Waals surface area contributed by atoms with Crippen LogP contribution in [-0.4, -0.2) is 7.11 Å². The Hall–Kier alpha value is -1.87. The van der Waals surface area contributed by atoms with Crippen LogP contribution in [0.3, 0.4) is 0 Å². The molecule has 3 rings (SSSR count). The standard InChI is InChI=1S/C14H12NOS/c1-16-14-13(11-7-3-2-4-8-11)17-12-9-5-6-10-15(12)14/h2-10H,1H3/q+1. The number of methoxy groups -OCH3 is 1. The van der Waals surface area contributed by atoms with Gasteiger partial charge in [-0.15, -0.1) is 4.40 Å². The summed E-state index contributed by atoms with van der Waals surface area (Å²) >= 11 is 1.74. The number of fused-ring (bicyclic) bond motifs is 1. The second kappa shape index (κ2) is 4.18. The maximum atomic E-state index is 5.53. The van der Waals surface area contributed by atoms with Crippen LogP contribution in [0.15, 0.2) is 54.7 Å². The van der Waals surface area contributed by atoms with Crippen LogP contribution in [0.2, 0.25) is 0 Å². The predicted molar refractivity (Wildman–Crippen MR) is 69.5 cm³/mol. The highest BCUT2D eigenvalue weighted by Crippen LogP contribution is 2.34. The molecule has 17 heavy (non-hydrogen) atoms. The number of hydrogen-bond donors (Lipinski definition) is 0. The summed E-state index contributed by atoms with van der Waals surface area (Å²) in [6.07, 6.45) is 2.02. The van der Waals surface area contributed by atoms with Crippen molar-refractivity contribution < 1.29 is 9.14 Å². The maximum absolute atomic E-state index is 5.53. The van der Waals surface area contributed by atoms with Gasteiger partial charge in [0.2, 0.25) is 0 Å². The molecule has 0 fully saturated rings. The molecular weight excluding hydrogens is 230 g/mol. The highest BCUT2D eigenvalue weighted by Gasteiger charge is 2.22. The smallest absolute Gasteiger partial charge is 0.392 e. The molecule has 0 spiro atoms. The van der Waals surface area contributed by atoms with Gasteiger partial charge in [-0.25, -0.2) is 0 Å². The Morgan fingerprint density at radius 1 is 1.00 bits per heavy atom. The summed E-state index contributed by atoms with van der Waals surface area (Å²) in [6.45, 7) is 0. The lowest BCUT2D eigenvalue weighted by Crippen LogP contribution is -2.19. The van der Waals surface area contributed by atoms with Crippen LogP contribution in [-0.2, 0) is 0 Å². The van der Waals surface area contributed by atoms with E-state index in [-0.39, 0.29) is 0 Å². The molecule has 2 nitrogen and oxygen atoms in total. The molecule has 3 aromatic rings. The third-order valence-electron chi connectivity index (χ3n) is 2.67. The van der Waals surface area contributed by atoms with Crippen molar-refractivity contribution in [1.82, 2.24) is 0 Å². The molecule has 0 aliphatic rings. The molecule has 0 saturated heterocycles. The number of pyridine rings is 1. The summed E-state index contributed by atoms with van der Waals surface area (Å²) in [6, 6.07) is 16.5. The van der Waals surface area contributed by atoms with E-state index in [4.69, 9.17) is 4.74 Å². The number of thiazole rings is 1. The van der Waals surface area contributed by atoms with Gasteiger partial charge in [0.25, 0.3) is 4.83 Å². The van der Waals surface area contributed by atoms with Crippen molar-refractivity contribution >= 4 is 16.2 Å². The molecule has 2 aromatic heterocycles. The zero-order chi connectivity index (χ0) is 11.7. The van der Waals surface area contributed by atoms with Gasteiger partial charge in [-0.2, -0.15) is 0 Å². The van der Waals surface area contributed by atoms with Gasteiger partial charge in [0.15, 0.2) is 11.1 Å². The molecule has 0 aliphatic carbocycles. The third kappa shape index (κ3) is 1.68. The molecular formula is C14H12NOS+. The largest absolute Gasteiger partial charge is 0.446 e. The Kier molecular flexibility index (Phi) is 2.53. The van der Waals surface area contributed by atoms with Gasteiger partial charge in [-0.3, -0.25) is 0 Å². The van der Waals surface area contributed by atoms with Crippen LogP contribution in [0, 0.1) is 0 Å². The van der Waals surface area contributed by atoms with Crippen LogP contribution in [0.25, 0.3) is 15.3 Å². The molecule has 0 amide bonds. The van der Waals surface area contributed by atoms with E-state index in [0.29, 0.717) is 0 Å². The van der Waals surface area contributed by atoms with E-state index in [2.05, 4.69) is 22.6 Å². The number of nitrogens with zero attached hydrogens (tertiary/aromatic N) is 1. The van der Waals surface area contributed by atoms with Crippen molar-refractivity contribution in [3.8, 4) is 16.3 Å². The quantitative estimate of drug-likeness (QED) is 0.629. The van der Waals surface area contributed by atoms with E-state index in [1.54, 1.807) is 18.4 Å². The second-order valence-corrected chi connectivity index (χ2v) is 4.75. The Morgan fingerprint density at radius 2 is 1.76 bits per heavy atom. The van der Waals surface area contributed by atoms with Gasteiger partial charge in [-0.05, 0) is 6.07 Å². The lowest BCUT2D eigenvalue weighted by Gasteiger charge is -1.96. The number of ether oxygens (including phenoxy) is 1. The van der Waals surface area contributed by atoms with E-state index in [9.17, 15) is 0 Å². The van der Waals surface area contributed by atoms with Crippen LogP contribution in [0.1, 0.15) is 0 Å². The first kappa shape index (κ1) is 10.3. The lowest BCUT2D eigenvalue weighted by molar-refractivity contribution is -0.516. The van der Waals surface area contributed by atoms with E-state index in [0.717, 1.165) is 5.88 Å². The first-order chi connectivity index (χ1) is 8.40. The summed E-state index contributed by atoms with van der Waals surface area (Å²) in [7, 11) is 1.72. The number of benzene rings is 1. The fourth-order valence-electron chi connectivity index (χ4n) is 1.90. The summed E-state index contributed by atoms with van der Waals surface area (Å²) in [5.41, 5.74) is 1.19. The van der Waals surface area contributed by atoms with Crippen molar-refractivity contribution in [2.24, 2.45) is 0 Å². The molecule has 0 radical (unpaired) electrons. The van der Waals surface area contributed by atoms with Crippen molar-refractivity contribution in [2.45, 2.75) is 0 Å². The van der Waals surface area contributed by atoms with Gasteiger partial charge in [0.05, 0.1) is 7.11 Å². The highest BCUT2D eigenvalue weighted by atomic mass is 32.1. The van der Waals surface area contributed by atoms with Crippen LogP contribution in [0.5, 0.6) is 5.88 Å². The average Bonchev–Trinajstić information content (AvgIpc) is 2.78. The first-order valence-corrected chi connectivity index (χ1v) is 6.24. The zero-order valence-electron chi connectivity index (χ0n) is 9.46. The van der Waals surface area contributed by atoms with Gasteiger partial charge in [0, 0.05) is 17.7 Å². The number of hydrogen-bond acceptors (Lipinski definition) is 2. The Labute approximate surface area is 104 Å². The van der Waals surface area contributed by atoms with Crippen molar-refractivity contribution in [3.05, 3.63) is 54.7 Å². The number of rotatable bonds is 2. The minimum Gasteiger partial charge on any atom is -0.446 e. The molecule has 2 heterocycles. The Balaban J connectivity index is 2.30. The third-order valence-corrected chi connectivity index (χ3v) is 3.83. The fourth-order valence-corrected chi connectivity index (χ4v) is 3.02. The molecule has 0 N–H and O–H groups in total. The van der Waals surface area contributed by atoms with E-state index >= 15 is 0 Å². The zero-order valence-corrected chi connectivity index (χ0v) is 10.3. The van der Waals surface area contributed by atoms with Crippen LogP contribution >= 0.6 is 11.3 Å². The van der Waals surface area contributed by atoms with E-state index in [1.807, 2.05) is 36.5 Å². The van der Waals surface area contributed by atoms with Gasteiger partial charge >= 0.3 is 5.88 Å². The SMILES string of the molecule is COc1c(-c2ccccc2)sc2cccc[n+]12. The molecule has 0 unspecified atom stereocenters. The molecule has 0 aliphatic heterocycles. The van der Waals surface area contributed by atoms with E-state index < -0.39 is 0 Å². The highest BCUT2D eigenvalue weighted by molar-refractivity contribution is 7.20. The Morgan fingerprint density at radius 3 is 2.53 bits per heavy atom. The number of aromatic nitrogens is 1. The maximum Gasteiger partial charge on any atom is 0.392 e. The summed E-state index contributed by atoms with van der Waals surface area (Å²) in [5.74, 6) is 0.900. The first-order valence-electron chi connectivity index (χ1n) is 5.43. The van der Waals surface area contributed by atoms with Crippen molar-refractivity contribution in [1.29, 1.82) is 0 Å². The Bertz CT molecular complexity index is 646. The topological polar surface area (TPSA) is 13.3 Å². The molecule has 84 valence electrons. The van der Waals surface area contributed by atoms with Gasteiger partial charge in [-0.1, -0.05) is 41.7 Å². The monoisotopic (exact) mass is 242 g/mol. The average molecular weight is 242 g/mol. The molecule has 0 bridgehead atoms. The van der Waals surface area contributed by atoms with Gasteiger partial charge < -0.3 is 4.74 Å². The summed E-state index contributed by atoms with van der Waals surface area (Å²) < 4.78 is 7.60. The normalized spacial score (nSPS) is 10.6. The summed E-state index contributed by atoms with van der Waals surface area (Å²) in [5, 5.41) is 0. The van der Waals surface area contributed by atoms with Gasteiger partial charge in [0.1, 0.15) is 0 Å². The minimum atomic E-state index is 0.900. The lowest BCUT2D eigenvalue weighted by atomic mass is 10.2. The second-order valence-electron chi connectivity index (χ2n) is 3.72. The molecule has 0 atom stereocenters. The van der Waals surface area contributed by atoms with Crippen molar-refractivity contribution in [2.75, 3.05) is 7.11 Å². The molecule has 3 heteroatoms. The van der Waals surface area contributed by atoms with Crippen LogP contribution in [0.4, 0.5) is 0 Å². The van der Waals surface area contributed by atoms with Crippen LogP contribution < -0.4 is 9.14 Å².